The molecule has 0 amide bonds. The molecule has 1 aromatic rings. The van der Waals surface area contributed by atoms with E-state index in [1.54, 1.807) is 30.3 Å². The summed E-state index contributed by atoms with van der Waals surface area (Å²) in [6.45, 7) is 0. The summed E-state index contributed by atoms with van der Waals surface area (Å²) in [7, 11) is -2.84. The number of hydrogen-bond acceptors (Lipinski definition) is 2. The number of hydrogen-bond donors (Lipinski definition) is 1. The topological polar surface area (TPSA) is 46.5 Å². The van der Waals surface area contributed by atoms with Gasteiger partial charge in [0.25, 0.3) is 0 Å². The molecule has 0 aliphatic heterocycles. The fraction of sp³-hybridized carbons (Fsp3) is 0. The number of benzene rings is 1. The van der Waals surface area contributed by atoms with Crippen molar-refractivity contribution in [2.45, 2.75) is 0 Å². The van der Waals surface area contributed by atoms with Gasteiger partial charge in [-0.05, 0) is 12.1 Å². The summed E-state index contributed by atoms with van der Waals surface area (Å²) in [4.78, 5) is 8.33. The molecule has 0 aliphatic rings. The molecule has 0 saturated carbocycles. The summed E-state index contributed by atoms with van der Waals surface area (Å²) < 4.78 is 14.6. The molecule has 1 rings (SSSR count). The maximum absolute atomic E-state index is 10.1. The fourth-order valence-corrected chi connectivity index (χ4v) is 0.927. The fourth-order valence-electron chi connectivity index (χ4n) is 0.589. The zero-order valence-corrected chi connectivity index (χ0v) is 7.83. The first-order valence-electron chi connectivity index (χ1n) is 2.75. The van der Waals surface area contributed by atoms with Crippen LogP contribution in [0.4, 0.5) is 0 Å². The summed E-state index contributed by atoms with van der Waals surface area (Å²) in [6.07, 6.45) is 0. The van der Waals surface area contributed by atoms with E-state index in [0.717, 1.165) is 0 Å². The Morgan fingerprint density at radius 3 is 2.27 bits per heavy atom. The third-order valence-electron chi connectivity index (χ3n) is 0.948. The Labute approximate surface area is 76.1 Å². The normalized spacial score (nSPS) is 11.4. The van der Waals surface area contributed by atoms with Crippen molar-refractivity contribution in [3.63, 3.8) is 0 Å². The van der Waals surface area contributed by atoms with Crippen LogP contribution in [0.5, 0.6) is 5.75 Å². The van der Waals surface area contributed by atoms with Gasteiger partial charge in [-0.1, -0.05) is 18.2 Å². The van der Waals surface area contributed by atoms with Gasteiger partial charge >= 0.3 is 8.25 Å². The average Bonchev–Trinajstić information content (AvgIpc) is 1.88. The quantitative estimate of drug-likeness (QED) is 0.751. The summed E-state index contributed by atoms with van der Waals surface area (Å²) in [5.74, 6) is 0.425. The number of para-hydroxylation sites is 1. The van der Waals surface area contributed by atoms with Crippen LogP contribution >= 0.6 is 8.25 Å². The van der Waals surface area contributed by atoms with Gasteiger partial charge in [-0.15, -0.1) is 0 Å². The molecule has 11 heavy (non-hydrogen) atoms. The molecule has 0 heterocycles. The molecule has 0 aliphatic carbocycles. The Balaban J connectivity index is 0.000001000. The second-order valence-electron chi connectivity index (χ2n) is 1.68. The van der Waals surface area contributed by atoms with Crippen molar-refractivity contribution >= 4 is 8.25 Å². The Bertz CT molecular complexity index is 227. The minimum Gasteiger partial charge on any atom is -0.426 e. The second kappa shape index (κ2) is 5.40. The maximum atomic E-state index is 10.1. The molecule has 1 atom stereocenters. The van der Waals surface area contributed by atoms with Gasteiger partial charge in [0.15, 0.2) is 0 Å². The van der Waals surface area contributed by atoms with Crippen molar-refractivity contribution in [1.82, 2.24) is 0 Å². The van der Waals surface area contributed by atoms with E-state index < -0.39 is 8.25 Å². The molecule has 5 heteroatoms. The zero-order chi connectivity index (χ0) is 7.40. The standard InChI is InChI=1S/C6H7O3P.Cr/c7-10(8)9-6-4-2-1-3-5-6;/h1-5,10H,(H,7,8);. The van der Waals surface area contributed by atoms with Crippen molar-refractivity contribution in [2.24, 2.45) is 0 Å². The minimum atomic E-state index is -2.84. The third kappa shape index (κ3) is 4.24. The molecule has 1 aromatic carbocycles. The molecule has 0 saturated heterocycles. The average molecular weight is 210 g/mol. The van der Waals surface area contributed by atoms with Crippen LogP contribution in [0.25, 0.3) is 0 Å². The molecule has 1 unspecified atom stereocenters. The van der Waals surface area contributed by atoms with Gasteiger partial charge in [-0.25, -0.2) is 4.57 Å². The van der Waals surface area contributed by atoms with Crippen LogP contribution in [0.2, 0.25) is 0 Å². The molecule has 1 N–H and O–H groups in total. The molecule has 3 nitrogen and oxygen atoms in total. The molecule has 0 aromatic heterocycles. The van der Waals surface area contributed by atoms with Crippen molar-refractivity contribution in [2.75, 3.05) is 0 Å². The van der Waals surface area contributed by atoms with Crippen LogP contribution in [-0.4, -0.2) is 4.89 Å². The van der Waals surface area contributed by atoms with Crippen LogP contribution in [0.1, 0.15) is 0 Å². The first kappa shape index (κ1) is 10.7. The van der Waals surface area contributed by atoms with Crippen LogP contribution in [0.15, 0.2) is 30.3 Å². The largest absolute Gasteiger partial charge is 0.426 e. The van der Waals surface area contributed by atoms with E-state index >= 15 is 0 Å². The van der Waals surface area contributed by atoms with Gasteiger partial charge < -0.3 is 9.42 Å². The predicted octanol–water partition coefficient (Wildman–Crippen LogP) is 1.44. The van der Waals surface area contributed by atoms with Crippen molar-refractivity contribution < 1.29 is 31.3 Å². The zero-order valence-electron chi connectivity index (χ0n) is 5.56. The molecule has 0 spiro atoms. The van der Waals surface area contributed by atoms with Crippen molar-refractivity contribution in [3.8, 4) is 5.75 Å². The van der Waals surface area contributed by atoms with Crippen molar-refractivity contribution in [3.05, 3.63) is 30.3 Å². The van der Waals surface area contributed by atoms with E-state index in [9.17, 15) is 4.57 Å². The number of rotatable bonds is 2. The van der Waals surface area contributed by atoms with E-state index in [1.165, 1.54) is 0 Å². The third-order valence-corrected chi connectivity index (χ3v) is 1.36. The monoisotopic (exact) mass is 210 g/mol. The molecule has 0 fully saturated rings. The summed E-state index contributed by atoms with van der Waals surface area (Å²) in [5, 5.41) is 0. The van der Waals surface area contributed by atoms with E-state index in [2.05, 4.69) is 4.52 Å². The Hall–Kier alpha value is -0.258. The Morgan fingerprint density at radius 2 is 1.82 bits per heavy atom. The SMILES string of the molecule is O=[PH](O)Oc1ccccc1.[Cr]. The maximum Gasteiger partial charge on any atom is 0.365 e. The predicted molar refractivity (Wildman–Crippen MR) is 38.3 cm³/mol. The van der Waals surface area contributed by atoms with Gasteiger partial charge in [-0.3, -0.25) is 0 Å². The van der Waals surface area contributed by atoms with E-state index in [1.807, 2.05) is 0 Å². The van der Waals surface area contributed by atoms with E-state index in [-0.39, 0.29) is 17.4 Å². The molecule has 60 valence electrons. The summed E-state index contributed by atoms with van der Waals surface area (Å²) in [5.41, 5.74) is 0. The minimum absolute atomic E-state index is 0. The van der Waals surface area contributed by atoms with Gasteiger partial charge in [-0.2, -0.15) is 0 Å². The Kier molecular flexibility index (Phi) is 5.27. The molecular weight excluding hydrogens is 203 g/mol. The summed E-state index contributed by atoms with van der Waals surface area (Å²) in [6, 6.07) is 8.53. The van der Waals surface area contributed by atoms with E-state index in [0.29, 0.717) is 5.75 Å². The first-order chi connectivity index (χ1) is 4.79. The second-order valence-corrected chi connectivity index (χ2v) is 2.42. The van der Waals surface area contributed by atoms with Crippen LogP contribution in [-0.2, 0) is 21.9 Å². The molecule has 0 radical (unpaired) electrons. The van der Waals surface area contributed by atoms with E-state index in [4.69, 9.17) is 4.89 Å². The summed E-state index contributed by atoms with van der Waals surface area (Å²) >= 11 is 0. The van der Waals surface area contributed by atoms with Gasteiger partial charge in [0.1, 0.15) is 5.75 Å². The van der Waals surface area contributed by atoms with Crippen LogP contribution < -0.4 is 4.52 Å². The van der Waals surface area contributed by atoms with Gasteiger partial charge in [0, 0.05) is 17.4 Å². The van der Waals surface area contributed by atoms with Crippen molar-refractivity contribution in [1.29, 1.82) is 0 Å². The smallest absolute Gasteiger partial charge is 0.365 e. The van der Waals surface area contributed by atoms with Gasteiger partial charge in [0.2, 0.25) is 0 Å². The first-order valence-corrected chi connectivity index (χ1v) is 4.01. The van der Waals surface area contributed by atoms with Crippen LogP contribution in [0, 0.1) is 0 Å². The molecular formula is C6H7CrO3P. The van der Waals surface area contributed by atoms with Crippen LogP contribution in [0.3, 0.4) is 0 Å². The Morgan fingerprint density at radius 1 is 1.27 bits per heavy atom. The van der Waals surface area contributed by atoms with Gasteiger partial charge in [0.05, 0.1) is 0 Å². The molecule has 0 bridgehead atoms.